The van der Waals surface area contributed by atoms with Crippen LogP contribution in [0.25, 0.3) is 0 Å². The third-order valence-electron chi connectivity index (χ3n) is 2.13. The maximum Gasteiger partial charge on any atom is 0.212 e. The van der Waals surface area contributed by atoms with E-state index in [1.807, 2.05) is 0 Å². The Balaban J connectivity index is 2.43. The van der Waals surface area contributed by atoms with Crippen LogP contribution in [-0.4, -0.2) is 10.8 Å². The molecule has 0 aliphatic rings. The molecule has 86 valence electrons. The zero-order valence-corrected chi connectivity index (χ0v) is 11.6. The van der Waals surface area contributed by atoms with E-state index in [2.05, 4.69) is 20.9 Å². The fraction of sp³-hybridized carbons (Fsp3) is 0. The predicted octanol–water partition coefficient (Wildman–Crippen LogP) is 4.38. The molecule has 0 spiro atoms. The fourth-order valence-electron chi connectivity index (χ4n) is 1.32. The number of carbonyl (C=O) groups excluding carboxylic acids is 1. The van der Waals surface area contributed by atoms with E-state index in [4.69, 9.17) is 23.2 Å². The summed E-state index contributed by atoms with van der Waals surface area (Å²) in [6.07, 6.45) is 0. The van der Waals surface area contributed by atoms with Gasteiger partial charge in [0.1, 0.15) is 10.8 Å². The number of carbonyl (C=O) groups is 1. The molecule has 2 aromatic rings. The smallest absolute Gasteiger partial charge is 0.212 e. The molecule has 1 aromatic carbocycles. The number of pyridine rings is 1. The van der Waals surface area contributed by atoms with Crippen LogP contribution in [0.1, 0.15) is 16.1 Å². The lowest BCUT2D eigenvalue weighted by Gasteiger charge is -2.03. The van der Waals surface area contributed by atoms with E-state index in [1.54, 1.807) is 36.4 Å². The van der Waals surface area contributed by atoms with Crippen molar-refractivity contribution in [3.8, 4) is 0 Å². The Kier molecular flexibility index (Phi) is 3.82. The lowest BCUT2D eigenvalue weighted by atomic mass is 10.1. The summed E-state index contributed by atoms with van der Waals surface area (Å²) < 4.78 is 0.613. The highest BCUT2D eigenvalue weighted by molar-refractivity contribution is 9.10. The van der Waals surface area contributed by atoms with Crippen molar-refractivity contribution in [2.75, 3.05) is 0 Å². The van der Waals surface area contributed by atoms with E-state index in [9.17, 15) is 4.79 Å². The Morgan fingerprint density at radius 1 is 1.06 bits per heavy atom. The lowest BCUT2D eigenvalue weighted by Crippen LogP contribution is -2.05. The van der Waals surface area contributed by atoms with Crippen LogP contribution in [0.3, 0.4) is 0 Å². The Hall–Kier alpha value is -0.900. The molecule has 0 amide bonds. The van der Waals surface area contributed by atoms with Crippen molar-refractivity contribution in [1.82, 2.24) is 4.98 Å². The molecule has 17 heavy (non-hydrogen) atoms. The van der Waals surface area contributed by atoms with Gasteiger partial charge in [-0.3, -0.25) is 4.79 Å². The molecular formula is C12H6BrCl2NO. The number of benzene rings is 1. The molecule has 1 heterocycles. The summed E-state index contributed by atoms with van der Waals surface area (Å²) in [6.45, 7) is 0. The summed E-state index contributed by atoms with van der Waals surface area (Å²) in [5.74, 6) is -0.198. The second-order valence-corrected chi connectivity index (χ2v) is 4.98. The van der Waals surface area contributed by atoms with Crippen molar-refractivity contribution in [1.29, 1.82) is 0 Å². The van der Waals surface area contributed by atoms with Gasteiger partial charge in [0.05, 0.1) is 0 Å². The minimum atomic E-state index is -0.198. The number of ketones is 1. The predicted molar refractivity (Wildman–Crippen MR) is 71.8 cm³/mol. The van der Waals surface area contributed by atoms with Gasteiger partial charge >= 0.3 is 0 Å². The molecule has 5 heteroatoms. The van der Waals surface area contributed by atoms with E-state index in [0.29, 0.717) is 20.8 Å². The van der Waals surface area contributed by atoms with Crippen LogP contribution in [0.4, 0.5) is 0 Å². The minimum absolute atomic E-state index is 0.198. The van der Waals surface area contributed by atoms with Gasteiger partial charge in [-0.05, 0) is 52.3 Å². The van der Waals surface area contributed by atoms with Crippen LogP contribution in [0.2, 0.25) is 10.2 Å². The molecule has 0 aliphatic heterocycles. The van der Waals surface area contributed by atoms with Crippen LogP contribution in [-0.2, 0) is 0 Å². The summed E-state index contributed by atoms with van der Waals surface area (Å²) in [7, 11) is 0. The summed E-state index contributed by atoms with van der Waals surface area (Å²) in [4.78, 5) is 16.1. The van der Waals surface area contributed by atoms with Gasteiger partial charge in [-0.15, -0.1) is 0 Å². The van der Waals surface area contributed by atoms with Crippen molar-refractivity contribution in [3.63, 3.8) is 0 Å². The molecule has 0 aliphatic carbocycles. The van der Waals surface area contributed by atoms with Crippen LogP contribution in [0.15, 0.2) is 40.9 Å². The first-order chi connectivity index (χ1) is 8.08. The maximum atomic E-state index is 12.1. The second kappa shape index (κ2) is 5.17. The average Bonchev–Trinajstić information content (AvgIpc) is 2.32. The summed E-state index contributed by atoms with van der Waals surface area (Å²) >= 11 is 14.8. The number of aromatic nitrogens is 1. The average molecular weight is 331 g/mol. The van der Waals surface area contributed by atoms with Gasteiger partial charge in [-0.2, -0.15) is 0 Å². The monoisotopic (exact) mass is 329 g/mol. The maximum absolute atomic E-state index is 12.1. The van der Waals surface area contributed by atoms with Gasteiger partial charge in [0.15, 0.2) is 0 Å². The molecule has 0 unspecified atom stereocenters. The first-order valence-corrected chi connectivity index (χ1v) is 6.25. The van der Waals surface area contributed by atoms with E-state index < -0.39 is 0 Å². The molecule has 0 radical (unpaired) electrons. The molecular weight excluding hydrogens is 325 g/mol. The van der Waals surface area contributed by atoms with Crippen LogP contribution in [0.5, 0.6) is 0 Å². The number of hydrogen-bond acceptors (Lipinski definition) is 2. The zero-order valence-electron chi connectivity index (χ0n) is 8.45. The minimum Gasteiger partial charge on any atom is -0.287 e. The van der Waals surface area contributed by atoms with Gasteiger partial charge in [0, 0.05) is 15.1 Å². The van der Waals surface area contributed by atoms with Gasteiger partial charge < -0.3 is 0 Å². The molecule has 0 saturated carbocycles. The summed E-state index contributed by atoms with van der Waals surface area (Å²) in [5, 5.41) is 0.866. The van der Waals surface area contributed by atoms with Crippen molar-refractivity contribution in [3.05, 3.63) is 62.3 Å². The van der Waals surface area contributed by atoms with Crippen molar-refractivity contribution >= 4 is 44.9 Å². The van der Waals surface area contributed by atoms with Crippen molar-refractivity contribution < 1.29 is 4.79 Å². The lowest BCUT2D eigenvalue weighted by molar-refractivity contribution is 0.103. The quantitative estimate of drug-likeness (QED) is 0.604. The summed E-state index contributed by atoms with van der Waals surface area (Å²) in [5.41, 5.74) is 0.810. The van der Waals surface area contributed by atoms with E-state index in [0.717, 1.165) is 0 Å². The first-order valence-electron chi connectivity index (χ1n) is 4.70. The Morgan fingerprint density at radius 2 is 1.71 bits per heavy atom. The Bertz CT molecular complexity index is 569. The summed E-state index contributed by atoms with van der Waals surface area (Å²) in [6, 6.07) is 9.93. The fourth-order valence-corrected chi connectivity index (χ4v) is 1.99. The first kappa shape index (κ1) is 12.6. The van der Waals surface area contributed by atoms with Crippen molar-refractivity contribution in [2.45, 2.75) is 0 Å². The SMILES string of the molecule is O=C(c1ccc(Cl)cc1)c1nc(Cl)ccc1Br. The standard InChI is InChI=1S/C12H6BrCl2NO/c13-9-5-6-10(15)16-11(9)12(17)7-1-3-8(14)4-2-7/h1-6H. The highest BCUT2D eigenvalue weighted by atomic mass is 79.9. The molecule has 0 fully saturated rings. The second-order valence-electron chi connectivity index (χ2n) is 3.30. The number of nitrogens with zero attached hydrogens (tertiary/aromatic N) is 1. The third kappa shape index (κ3) is 2.86. The zero-order chi connectivity index (χ0) is 12.4. The molecule has 2 nitrogen and oxygen atoms in total. The highest BCUT2D eigenvalue weighted by Crippen LogP contribution is 2.21. The molecule has 1 aromatic heterocycles. The molecule has 0 saturated heterocycles. The topological polar surface area (TPSA) is 30.0 Å². The number of rotatable bonds is 2. The highest BCUT2D eigenvalue weighted by Gasteiger charge is 2.14. The van der Waals surface area contributed by atoms with Crippen LogP contribution < -0.4 is 0 Å². The number of hydrogen-bond donors (Lipinski definition) is 0. The molecule has 0 atom stereocenters. The Labute approximate surface area is 117 Å². The van der Waals surface area contributed by atoms with Crippen LogP contribution in [0, 0.1) is 0 Å². The Morgan fingerprint density at radius 3 is 2.35 bits per heavy atom. The van der Waals surface area contributed by atoms with E-state index in [-0.39, 0.29) is 10.9 Å². The molecule has 0 N–H and O–H groups in total. The normalized spacial score (nSPS) is 10.3. The largest absolute Gasteiger partial charge is 0.287 e. The van der Waals surface area contributed by atoms with Crippen molar-refractivity contribution in [2.24, 2.45) is 0 Å². The van der Waals surface area contributed by atoms with Gasteiger partial charge in [0.25, 0.3) is 0 Å². The van der Waals surface area contributed by atoms with E-state index in [1.165, 1.54) is 0 Å². The van der Waals surface area contributed by atoms with Gasteiger partial charge in [-0.25, -0.2) is 4.98 Å². The number of halogens is 3. The van der Waals surface area contributed by atoms with E-state index >= 15 is 0 Å². The van der Waals surface area contributed by atoms with Gasteiger partial charge in [0.2, 0.25) is 5.78 Å². The van der Waals surface area contributed by atoms with Crippen LogP contribution >= 0.6 is 39.1 Å². The molecule has 2 rings (SSSR count). The molecule has 0 bridgehead atoms. The van der Waals surface area contributed by atoms with Gasteiger partial charge in [-0.1, -0.05) is 23.2 Å². The third-order valence-corrected chi connectivity index (χ3v) is 3.24.